The molecule has 1 saturated heterocycles. The molecule has 0 bridgehead atoms. The monoisotopic (exact) mass is 417 g/mol. The summed E-state index contributed by atoms with van der Waals surface area (Å²) in [5.41, 5.74) is 7.07. The third-order valence-electron chi connectivity index (χ3n) is 4.18. The third-order valence-corrected chi connectivity index (χ3v) is 5.07. The number of piperidine rings is 1. The summed E-state index contributed by atoms with van der Waals surface area (Å²) in [4.78, 5) is 19.0. The van der Waals surface area contributed by atoms with E-state index in [9.17, 15) is 4.79 Å². The third kappa shape index (κ3) is 5.93. The van der Waals surface area contributed by atoms with Crippen LogP contribution in [-0.2, 0) is 4.74 Å². The van der Waals surface area contributed by atoms with Gasteiger partial charge in [-0.2, -0.15) is 0 Å². The Balaban J connectivity index is 0.00000169. The minimum Gasteiger partial charge on any atom is -0.378 e. The van der Waals surface area contributed by atoms with E-state index in [0.717, 1.165) is 42.9 Å². The molecule has 1 aliphatic rings. The van der Waals surface area contributed by atoms with Crippen molar-refractivity contribution < 1.29 is 9.53 Å². The fourth-order valence-corrected chi connectivity index (χ4v) is 3.61. The van der Waals surface area contributed by atoms with Crippen LogP contribution in [0.4, 0.5) is 0 Å². The average molecular weight is 418 g/mol. The summed E-state index contributed by atoms with van der Waals surface area (Å²) in [6, 6.07) is 9.96. The highest BCUT2D eigenvalue weighted by atomic mass is 35.5. The van der Waals surface area contributed by atoms with Gasteiger partial charge in [-0.3, -0.25) is 4.79 Å². The van der Waals surface area contributed by atoms with Crippen LogP contribution in [0, 0.1) is 0 Å². The van der Waals surface area contributed by atoms with Crippen LogP contribution in [-0.4, -0.2) is 48.1 Å². The Morgan fingerprint density at radius 1 is 1.23 bits per heavy atom. The number of benzene rings is 1. The average Bonchev–Trinajstić information content (AvgIpc) is 3.13. The maximum absolute atomic E-state index is 12.6. The fourth-order valence-electron chi connectivity index (χ4n) is 2.81. The lowest BCUT2D eigenvalue weighted by Crippen LogP contribution is -2.41. The van der Waals surface area contributed by atoms with E-state index in [2.05, 4.69) is 4.98 Å². The Kier molecular flexibility index (Phi) is 10.1. The van der Waals surface area contributed by atoms with E-state index in [4.69, 9.17) is 10.5 Å². The first-order valence-corrected chi connectivity index (χ1v) is 9.28. The highest BCUT2D eigenvalue weighted by Gasteiger charge is 2.25. The topological polar surface area (TPSA) is 68.5 Å². The Bertz CT molecular complexity index is 661. The summed E-state index contributed by atoms with van der Waals surface area (Å²) in [5.74, 6) is 0.0221. The first-order valence-electron chi connectivity index (χ1n) is 8.40. The number of carbonyl (C=O) groups is 1. The van der Waals surface area contributed by atoms with Crippen LogP contribution < -0.4 is 5.73 Å². The molecule has 0 spiro atoms. The van der Waals surface area contributed by atoms with Crippen LogP contribution >= 0.6 is 36.2 Å². The largest absolute Gasteiger partial charge is 0.378 e. The molecule has 0 radical (unpaired) electrons. The number of hydrogen-bond donors (Lipinski definition) is 1. The zero-order valence-corrected chi connectivity index (χ0v) is 17.0. The second kappa shape index (κ2) is 11.5. The van der Waals surface area contributed by atoms with Gasteiger partial charge < -0.3 is 15.4 Å². The van der Waals surface area contributed by atoms with Gasteiger partial charge in [0, 0.05) is 30.6 Å². The van der Waals surface area contributed by atoms with E-state index < -0.39 is 0 Å². The molecule has 0 aliphatic carbocycles. The molecule has 2 heterocycles. The predicted octanol–water partition coefficient (Wildman–Crippen LogP) is 3.62. The van der Waals surface area contributed by atoms with Gasteiger partial charge in [-0.05, 0) is 25.8 Å². The maximum Gasteiger partial charge on any atom is 0.273 e. The molecule has 1 aliphatic heterocycles. The zero-order valence-electron chi connectivity index (χ0n) is 14.5. The molecule has 144 valence electrons. The molecule has 1 aromatic heterocycles. The highest BCUT2D eigenvalue weighted by Crippen LogP contribution is 2.24. The van der Waals surface area contributed by atoms with Gasteiger partial charge in [0.2, 0.25) is 0 Å². The minimum absolute atomic E-state index is 0. The normalized spacial score (nSPS) is 14.4. The molecule has 26 heavy (non-hydrogen) atoms. The molecular weight excluding hydrogens is 393 g/mol. The SMILES string of the molecule is Cl.Cl.NCCCOC1CCN(C(=O)c2csc(-c3ccccc3)n2)CC1. The molecule has 2 N–H and O–H groups in total. The van der Waals surface area contributed by atoms with Crippen molar-refractivity contribution in [3.63, 3.8) is 0 Å². The number of hydrogen-bond acceptors (Lipinski definition) is 5. The Morgan fingerprint density at radius 3 is 2.58 bits per heavy atom. The van der Waals surface area contributed by atoms with Crippen molar-refractivity contribution in [3.8, 4) is 10.6 Å². The Labute approximate surface area is 170 Å². The molecule has 8 heteroatoms. The summed E-state index contributed by atoms with van der Waals surface area (Å²) in [6.07, 6.45) is 2.90. The highest BCUT2D eigenvalue weighted by molar-refractivity contribution is 7.13. The number of ether oxygens (including phenoxy) is 1. The van der Waals surface area contributed by atoms with Crippen LogP contribution in [0.25, 0.3) is 10.6 Å². The van der Waals surface area contributed by atoms with Crippen molar-refractivity contribution in [2.24, 2.45) is 5.73 Å². The summed E-state index contributed by atoms with van der Waals surface area (Å²) in [6.45, 7) is 2.82. The number of thiazole rings is 1. The second-order valence-electron chi connectivity index (χ2n) is 5.91. The van der Waals surface area contributed by atoms with Crippen LogP contribution in [0.5, 0.6) is 0 Å². The standard InChI is InChI=1S/C18H23N3O2S.2ClH/c19-9-4-12-23-15-7-10-21(11-8-15)18(22)16-13-24-17(20-16)14-5-2-1-3-6-14;;/h1-3,5-6,13,15H,4,7-12,19H2;2*1H. The van der Waals surface area contributed by atoms with Gasteiger partial charge in [0.1, 0.15) is 10.7 Å². The van der Waals surface area contributed by atoms with Gasteiger partial charge in [0.05, 0.1) is 6.10 Å². The summed E-state index contributed by atoms with van der Waals surface area (Å²) < 4.78 is 5.79. The fraction of sp³-hybridized carbons (Fsp3) is 0.444. The van der Waals surface area contributed by atoms with Crippen LogP contribution in [0.1, 0.15) is 29.8 Å². The van der Waals surface area contributed by atoms with Gasteiger partial charge >= 0.3 is 0 Å². The quantitative estimate of drug-likeness (QED) is 0.728. The summed E-state index contributed by atoms with van der Waals surface area (Å²) >= 11 is 1.51. The number of rotatable bonds is 6. The molecule has 1 aromatic carbocycles. The number of likely N-dealkylation sites (tertiary alicyclic amines) is 1. The first-order chi connectivity index (χ1) is 11.8. The van der Waals surface area contributed by atoms with E-state index in [1.807, 2.05) is 40.6 Å². The lowest BCUT2D eigenvalue weighted by molar-refractivity contribution is 0.00831. The summed E-state index contributed by atoms with van der Waals surface area (Å²) in [5, 5.41) is 2.74. The van der Waals surface area contributed by atoms with Crippen LogP contribution in [0.15, 0.2) is 35.7 Å². The van der Waals surface area contributed by atoms with Crippen molar-refractivity contribution in [3.05, 3.63) is 41.4 Å². The number of carbonyl (C=O) groups excluding carboxylic acids is 1. The number of aromatic nitrogens is 1. The van der Waals surface area contributed by atoms with E-state index in [1.165, 1.54) is 11.3 Å². The molecule has 3 rings (SSSR count). The lowest BCUT2D eigenvalue weighted by atomic mass is 10.1. The molecule has 0 unspecified atom stereocenters. The predicted molar refractivity (Wildman–Crippen MR) is 111 cm³/mol. The van der Waals surface area contributed by atoms with Crippen molar-refractivity contribution in [1.82, 2.24) is 9.88 Å². The number of amides is 1. The number of halogens is 2. The van der Waals surface area contributed by atoms with Gasteiger partial charge in [-0.15, -0.1) is 36.2 Å². The van der Waals surface area contributed by atoms with Gasteiger partial charge in [0.15, 0.2) is 0 Å². The van der Waals surface area contributed by atoms with E-state index in [-0.39, 0.29) is 36.8 Å². The number of nitrogens with two attached hydrogens (primary N) is 1. The van der Waals surface area contributed by atoms with Crippen molar-refractivity contribution >= 4 is 42.1 Å². The van der Waals surface area contributed by atoms with E-state index in [1.54, 1.807) is 0 Å². The molecule has 5 nitrogen and oxygen atoms in total. The molecule has 0 saturated carbocycles. The smallest absolute Gasteiger partial charge is 0.273 e. The maximum atomic E-state index is 12.6. The van der Waals surface area contributed by atoms with E-state index >= 15 is 0 Å². The van der Waals surface area contributed by atoms with Crippen molar-refractivity contribution in [2.45, 2.75) is 25.4 Å². The Morgan fingerprint density at radius 2 is 1.92 bits per heavy atom. The lowest BCUT2D eigenvalue weighted by Gasteiger charge is -2.31. The van der Waals surface area contributed by atoms with Gasteiger partial charge in [-0.25, -0.2) is 4.98 Å². The van der Waals surface area contributed by atoms with Crippen molar-refractivity contribution in [1.29, 1.82) is 0 Å². The summed E-state index contributed by atoms with van der Waals surface area (Å²) in [7, 11) is 0. The Hall–Kier alpha value is -1.18. The molecule has 0 atom stereocenters. The van der Waals surface area contributed by atoms with Crippen molar-refractivity contribution in [2.75, 3.05) is 26.2 Å². The van der Waals surface area contributed by atoms with Gasteiger partial charge in [0.25, 0.3) is 5.91 Å². The molecular formula is C18H25Cl2N3O2S. The van der Waals surface area contributed by atoms with Crippen LogP contribution in [0.2, 0.25) is 0 Å². The van der Waals surface area contributed by atoms with Gasteiger partial charge in [-0.1, -0.05) is 30.3 Å². The molecule has 2 aromatic rings. The zero-order chi connectivity index (χ0) is 16.8. The molecule has 1 amide bonds. The number of nitrogens with zero attached hydrogens (tertiary/aromatic N) is 2. The molecule has 1 fully saturated rings. The second-order valence-corrected chi connectivity index (χ2v) is 6.77. The minimum atomic E-state index is 0. The first kappa shape index (κ1) is 22.9. The van der Waals surface area contributed by atoms with E-state index in [0.29, 0.717) is 18.8 Å². The van der Waals surface area contributed by atoms with Crippen LogP contribution in [0.3, 0.4) is 0 Å².